The van der Waals surface area contributed by atoms with Crippen molar-refractivity contribution >= 4 is 34.2 Å². The van der Waals surface area contributed by atoms with E-state index in [1.165, 1.54) is 12.1 Å². The maximum atomic E-state index is 12.8. The van der Waals surface area contributed by atoms with E-state index in [4.69, 9.17) is 11.6 Å². The highest BCUT2D eigenvalue weighted by atomic mass is 35.5. The van der Waals surface area contributed by atoms with Crippen LogP contribution in [0.5, 0.6) is 0 Å². The number of amides is 1. The van der Waals surface area contributed by atoms with Crippen molar-refractivity contribution in [1.29, 1.82) is 0 Å². The molecule has 0 aliphatic heterocycles. The van der Waals surface area contributed by atoms with Crippen LogP contribution in [-0.4, -0.2) is 15.9 Å². The molecule has 0 fully saturated rings. The number of hydrogen-bond donors (Lipinski definition) is 2. The first kappa shape index (κ1) is 19.0. The van der Waals surface area contributed by atoms with Gasteiger partial charge in [-0.1, -0.05) is 29.8 Å². The van der Waals surface area contributed by atoms with E-state index in [0.717, 1.165) is 28.7 Å². The Labute approximate surface area is 168 Å². The zero-order valence-corrected chi connectivity index (χ0v) is 15.5. The van der Waals surface area contributed by atoms with Crippen LogP contribution in [-0.2, 0) is 6.18 Å². The summed E-state index contributed by atoms with van der Waals surface area (Å²) in [6.07, 6.45) is -4.47. The molecular weight excluding hydrogens is 403 g/mol. The molecule has 146 valence electrons. The maximum absolute atomic E-state index is 12.8. The van der Waals surface area contributed by atoms with Gasteiger partial charge in [-0.3, -0.25) is 4.79 Å². The number of carbonyl (C=O) groups is 1. The summed E-state index contributed by atoms with van der Waals surface area (Å²) in [5.74, 6) is 0.111. The van der Waals surface area contributed by atoms with E-state index in [0.29, 0.717) is 16.4 Å². The summed E-state index contributed by atoms with van der Waals surface area (Å²) in [5, 5.41) is 3.07. The van der Waals surface area contributed by atoms with Crippen LogP contribution >= 0.6 is 11.6 Å². The highest BCUT2D eigenvalue weighted by Gasteiger charge is 2.30. The Morgan fingerprint density at radius 2 is 1.76 bits per heavy atom. The number of aromatic amines is 1. The second-order valence-corrected chi connectivity index (χ2v) is 6.79. The molecule has 29 heavy (non-hydrogen) atoms. The van der Waals surface area contributed by atoms with Gasteiger partial charge in [-0.05, 0) is 48.5 Å². The first-order chi connectivity index (χ1) is 13.8. The Hall–Kier alpha value is -3.32. The van der Waals surface area contributed by atoms with Crippen molar-refractivity contribution in [2.45, 2.75) is 6.18 Å². The lowest BCUT2D eigenvalue weighted by Gasteiger charge is -2.10. The van der Waals surface area contributed by atoms with Gasteiger partial charge in [0.1, 0.15) is 5.82 Å². The normalized spacial score (nSPS) is 11.6. The number of rotatable bonds is 3. The summed E-state index contributed by atoms with van der Waals surface area (Å²) in [6, 6.07) is 16.4. The molecule has 1 amide bonds. The minimum atomic E-state index is -4.47. The Balaban J connectivity index is 1.53. The third kappa shape index (κ3) is 4.09. The van der Waals surface area contributed by atoms with Gasteiger partial charge in [0.25, 0.3) is 5.91 Å². The van der Waals surface area contributed by atoms with Gasteiger partial charge in [0, 0.05) is 21.8 Å². The highest BCUT2D eigenvalue weighted by Crippen LogP contribution is 2.31. The van der Waals surface area contributed by atoms with Crippen LogP contribution in [0.4, 0.5) is 18.9 Å². The number of alkyl halides is 3. The molecule has 4 nitrogen and oxygen atoms in total. The molecule has 2 N–H and O–H groups in total. The van der Waals surface area contributed by atoms with Gasteiger partial charge in [-0.2, -0.15) is 13.2 Å². The van der Waals surface area contributed by atoms with Crippen LogP contribution in [0.25, 0.3) is 22.4 Å². The molecular formula is C21H13ClF3N3O. The number of nitrogens with zero attached hydrogens (tertiary/aromatic N) is 1. The molecule has 0 aliphatic rings. The van der Waals surface area contributed by atoms with Crippen molar-refractivity contribution in [2.75, 3.05) is 5.32 Å². The van der Waals surface area contributed by atoms with Crippen LogP contribution < -0.4 is 5.32 Å². The van der Waals surface area contributed by atoms with Gasteiger partial charge in [-0.15, -0.1) is 0 Å². The topological polar surface area (TPSA) is 57.8 Å². The fourth-order valence-electron chi connectivity index (χ4n) is 2.87. The Kier molecular flexibility index (Phi) is 4.76. The summed E-state index contributed by atoms with van der Waals surface area (Å²) < 4.78 is 38.4. The second-order valence-electron chi connectivity index (χ2n) is 6.36. The highest BCUT2D eigenvalue weighted by molar-refractivity contribution is 6.31. The third-order valence-electron chi connectivity index (χ3n) is 4.31. The van der Waals surface area contributed by atoms with E-state index >= 15 is 0 Å². The van der Waals surface area contributed by atoms with Crippen molar-refractivity contribution in [3.05, 3.63) is 82.9 Å². The Morgan fingerprint density at radius 1 is 1.00 bits per heavy atom. The van der Waals surface area contributed by atoms with Crippen molar-refractivity contribution < 1.29 is 18.0 Å². The molecule has 4 aromatic rings. The summed E-state index contributed by atoms with van der Waals surface area (Å²) in [6.45, 7) is 0. The molecule has 0 unspecified atom stereocenters. The number of carbonyl (C=O) groups excluding carboxylic acids is 1. The van der Waals surface area contributed by atoms with Crippen molar-refractivity contribution in [3.8, 4) is 11.4 Å². The number of anilines is 1. The van der Waals surface area contributed by atoms with E-state index < -0.39 is 17.6 Å². The number of benzene rings is 3. The summed E-state index contributed by atoms with van der Waals surface area (Å²) in [7, 11) is 0. The van der Waals surface area contributed by atoms with E-state index in [9.17, 15) is 18.0 Å². The van der Waals surface area contributed by atoms with E-state index in [2.05, 4.69) is 15.3 Å². The zero-order chi connectivity index (χ0) is 20.6. The van der Waals surface area contributed by atoms with Crippen LogP contribution in [0.2, 0.25) is 5.02 Å². The molecule has 0 radical (unpaired) electrons. The number of halogens is 4. The number of imidazole rings is 1. The molecule has 0 bridgehead atoms. The Bertz CT molecular complexity index is 1200. The first-order valence-electron chi connectivity index (χ1n) is 8.54. The molecule has 0 aliphatic carbocycles. The number of fused-ring (bicyclic) bond motifs is 1. The first-order valence-corrected chi connectivity index (χ1v) is 8.92. The minimum absolute atomic E-state index is 0.0723. The predicted molar refractivity (Wildman–Crippen MR) is 106 cm³/mol. The van der Waals surface area contributed by atoms with Gasteiger partial charge in [-0.25, -0.2) is 4.98 Å². The lowest BCUT2D eigenvalue weighted by molar-refractivity contribution is -0.137. The number of hydrogen-bond acceptors (Lipinski definition) is 2. The van der Waals surface area contributed by atoms with Gasteiger partial charge in [0.15, 0.2) is 0 Å². The van der Waals surface area contributed by atoms with Crippen LogP contribution in [0.15, 0.2) is 66.7 Å². The maximum Gasteiger partial charge on any atom is 0.416 e. The molecule has 3 aromatic carbocycles. The van der Waals surface area contributed by atoms with E-state index in [1.54, 1.807) is 42.5 Å². The minimum Gasteiger partial charge on any atom is -0.338 e. The van der Waals surface area contributed by atoms with Gasteiger partial charge < -0.3 is 10.3 Å². The average Bonchev–Trinajstić information content (AvgIpc) is 3.11. The monoisotopic (exact) mass is 415 g/mol. The van der Waals surface area contributed by atoms with Crippen molar-refractivity contribution in [3.63, 3.8) is 0 Å². The number of nitrogens with one attached hydrogen (secondary N) is 2. The van der Waals surface area contributed by atoms with Crippen LogP contribution in [0.3, 0.4) is 0 Å². The molecule has 4 rings (SSSR count). The molecule has 0 saturated heterocycles. The number of H-pyrrole nitrogens is 1. The summed E-state index contributed by atoms with van der Waals surface area (Å²) in [5.41, 5.74) is 1.87. The standard InChI is InChI=1S/C21H13ClF3N3O/c22-15-8-9-17-18(11-15)28-19(27-17)12-4-6-13(7-5-12)20(29)26-16-3-1-2-14(10-16)21(23,24)25/h1-11H,(H,26,29)(H,27,28). The van der Waals surface area contributed by atoms with Crippen LogP contribution in [0.1, 0.15) is 15.9 Å². The summed E-state index contributed by atoms with van der Waals surface area (Å²) in [4.78, 5) is 20.0. The smallest absolute Gasteiger partial charge is 0.338 e. The average molecular weight is 416 g/mol. The zero-order valence-electron chi connectivity index (χ0n) is 14.7. The van der Waals surface area contributed by atoms with E-state index in [1.807, 2.05) is 0 Å². The number of aromatic nitrogens is 2. The van der Waals surface area contributed by atoms with Gasteiger partial charge in [0.2, 0.25) is 0 Å². The second kappa shape index (κ2) is 7.25. The molecule has 0 saturated carbocycles. The quantitative estimate of drug-likeness (QED) is 0.421. The molecule has 0 atom stereocenters. The molecule has 8 heteroatoms. The fourth-order valence-corrected chi connectivity index (χ4v) is 3.05. The van der Waals surface area contributed by atoms with Crippen molar-refractivity contribution in [2.24, 2.45) is 0 Å². The molecule has 1 aromatic heterocycles. The molecule has 0 spiro atoms. The lowest BCUT2D eigenvalue weighted by atomic mass is 10.1. The largest absolute Gasteiger partial charge is 0.416 e. The third-order valence-corrected chi connectivity index (χ3v) is 4.55. The lowest BCUT2D eigenvalue weighted by Crippen LogP contribution is -2.13. The predicted octanol–water partition coefficient (Wildman–Crippen LogP) is 6.15. The fraction of sp³-hybridized carbons (Fsp3) is 0.0476. The van der Waals surface area contributed by atoms with Gasteiger partial charge >= 0.3 is 6.18 Å². The van der Waals surface area contributed by atoms with Crippen molar-refractivity contribution in [1.82, 2.24) is 9.97 Å². The molecule has 1 heterocycles. The van der Waals surface area contributed by atoms with Gasteiger partial charge in [0.05, 0.1) is 16.6 Å². The van der Waals surface area contributed by atoms with Crippen LogP contribution in [0, 0.1) is 0 Å². The summed E-state index contributed by atoms with van der Waals surface area (Å²) >= 11 is 5.98. The Morgan fingerprint density at radius 3 is 2.48 bits per heavy atom. The SMILES string of the molecule is O=C(Nc1cccc(C(F)(F)F)c1)c1ccc(-c2nc3ccc(Cl)cc3[nH]2)cc1. The van der Waals surface area contributed by atoms with E-state index in [-0.39, 0.29) is 5.69 Å².